The van der Waals surface area contributed by atoms with Crippen molar-refractivity contribution in [1.82, 2.24) is 14.5 Å². The van der Waals surface area contributed by atoms with Gasteiger partial charge in [-0.25, -0.2) is 13.2 Å². The Labute approximate surface area is 176 Å². The van der Waals surface area contributed by atoms with Crippen LogP contribution >= 0.6 is 0 Å². The number of carbonyl (C=O) groups is 2. The molecule has 1 atom stereocenters. The second-order valence-electron chi connectivity index (χ2n) is 8.00. The van der Waals surface area contributed by atoms with Crippen LogP contribution in [-0.2, 0) is 19.6 Å². The van der Waals surface area contributed by atoms with Gasteiger partial charge in [-0.3, -0.25) is 10.1 Å². The van der Waals surface area contributed by atoms with Crippen LogP contribution in [0.5, 0.6) is 5.75 Å². The molecule has 4 rings (SSSR count). The molecule has 164 valence electrons. The Kier molecular flexibility index (Phi) is 6.26. The van der Waals surface area contributed by atoms with Gasteiger partial charge in [-0.05, 0) is 43.7 Å². The van der Waals surface area contributed by atoms with Crippen LogP contribution in [0.4, 0.5) is 4.79 Å². The van der Waals surface area contributed by atoms with Crippen LogP contribution in [0.1, 0.15) is 25.7 Å². The fourth-order valence-corrected chi connectivity index (χ4v) is 5.12. The normalized spacial score (nSPS) is 22.5. The minimum atomic E-state index is -3.60. The Hall–Kier alpha value is -2.17. The monoisotopic (exact) mass is 437 g/mol. The quantitative estimate of drug-likeness (QED) is 0.436. The highest BCUT2D eigenvalue weighted by atomic mass is 32.2. The molecule has 1 unspecified atom stereocenters. The molecule has 3 fully saturated rings. The molecular formula is C20H27N3O6S. The van der Waals surface area contributed by atoms with E-state index in [1.54, 1.807) is 24.3 Å². The molecule has 1 N–H and O–H groups in total. The Morgan fingerprint density at radius 2 is 2.00 bits per heavy atom. The molecule has 2 heterocycles. The fraction of sp³-hybridized carbons (Fsp3) is 0.600. The molecule has 0 spiro atoms. The molecule has 0 radical (unpaired) electrons. The molecule has 30 heavy (non-hydrogen) atoms. The molecule has 1 saturated carbocycles. The molecular weight excluding hydrogens is 410 g/mol. The summed E-state index contributed by atoms with van der Waals surface area (Å²) < 4.78 is 38.9. The zero-order valence-corrected chi connectivity index (χ0v) is 17.6. The minimum Gasteiger partial charge on any atom is -0.493 e. The molecule has 1 aromatic carbocycles. The Balaban J connectivity index is 1.24. The van der Waals surface area contributed by atoms with E-state index in [4.69, 9.17) is 9.47 Å². The van der Waals surface area contributed by atoms with E-state index in [-0.39, 0.29) is 29.5 Å². The molecule has 0 bridgehead atoms. The molecule has 3 aliphatic rings. The van der Waals surface area contributed by atoms with Crippen LogP contribution in [0.25, 0.3) is 0 Å². The Bertz CT molecular complexity index is 902. The van der Waals surface area contributed by atoms with Crippen LogP contribution in [0.15, 0.2) is 29.2 Å². The first kappa shape index (κ1) is 21.1. The predicted octanol–water partition coefficient (Wildman–Crippen LogP) is 1.20. The van der Waals surface area contributed by atoms with Crippen molar-refractivity contribution < 1.29 is 27.5 Å². The number of imide groups is 1. The maximum absolute atomic E-state index is 13.0. The number of ether oxygens (including phenoxy) is 2. The van der Waals surface area contributed by atoms with Crippen molar-refractivity contribution in [3.8, 4) is 5.75 Å². The second-order valence-corrected chi connectivity index (χ2v) is 9.94. The van der Waals surface area contributed by atoms with E-state index in [2.05, 4.69) is 5.32 Å². The smallest absolute Gasteiger partial charge is 0.324 e. The van der Waals surface area contributed by atoms with Gasteiger partial charge in [-0.2, -0.15) is 4.31 Å². The van der Waals surface area contributed by atoms with Crippen molar-refractivity contribution in [2.75, 3.05) is 39.4 Å². The van der Waals surface area contributed by atoms with Crippen LogP contribution < -0.4 is 10.1 Å². The number of rotatable bonds is 10. The molecule has 3 amide bonds. The summed E-state index contributed by atoms with van der Waals surface area (Å²) in [7, 11) is -3.60. The zero-order valence-electron chi connectivity index (χ0n) is 16.8. The fourth-order valence-electron chi connectivity index (χ4n) is 3.59. The number of nitrogens with zero attached hydrogens (tertiary/aromatic N) is 2. The largest absolute Gasteiger partial charge is 0.493 e. The summed E-state index contributed by atoms with van der Waals surface area (Å²) in [6.45, 7) is 2.26. The number of hydrogen-bond donors (Lipinski definition) is 1. The first-order chi connectivity index (χ1) is 14.4. The van der Waals surface area contributed by atoms with E-state index >= 15 is 0 Å². The number of benzene rings is 1. The van der Waals surface area contributed by atoms with E-state index in [1.807, 2.05) is 0 Å². The van der Waals surface area contributed by atoms with Gasteiger partial charge in [-0.15, -0.1) is 0 Å². The minimum absolute atomic E-state index is 0.0811. The second kappa shape index (κ2) is 8.91. The molecule has 2 aliphatic heterocycles. The highest BCUT2D eigenvalue weighted by molar-refractivity contribution is 7.89. The molecule has 9 nitrogen and oxygen atoms in total. The van der Waals surface area contributed by atoms with E-state index in [0.717, 1.165) is 0 Å². The Morgan fingerprint density at radius 3 is 2.73 bits per heavy atom. The summed E-state index contributed by atoms with van der Waals surface area (Å²) >= 11 is 0. The summed E-state index contributed by atoms with van der Waals surface area (Å²) in [5.74, 6) is 0.890. The number of carbonyl (C=O) groups excluding carboxylic acids is 2. The molecule has 10 heteroatoms. The number of sulfonamides is 1. The third-order valence-corrected chi connectivity index (χ3v) is 7.39. The lowest BCUT2D eigenvalue weighted by Gasteiger charge is -2.18. The van der Waals surface area contributed by atoms with Gasteiger partial charge < -0.3 is 14.4 Å². The average Bonchev–Trinajstić information content (AvgIpc) is 3.33. The summed E-state index contributed by atoms with van der Waals surface area (Å²) in [6.07, 6.45) is 3.39. The lowest BCUT2D eigenvalue weighted by Crippen LogP contribution is -2.31. The Morgan fingerprint density at radius 1 is 1.17 bits per heavy atom. The van der Waals surface area contributed by atoms with E-state index in [1.165, 1.54) is 22.0 Å². The van der Waals surface area contributed by atoms with Crippen molar-refractivity contribution in [3.05, 3.63) is 24.3 Å². The van der Waals surface area contributed by atoms with E-state index in [0.29, 0.717) is 57.4 Å². The van der Waals surface area contributed by atoms with Crippen LogP contribution in [0.2, 0.25) is 0 Å². The predicted molar refractivity (Wildman–Crippen MR) is 108 cm³/mol. The highest BCUT2D eigenvalue weighted by Crippen LogP contribution is 2.30. The number of amides is 3. The maximum atomic E-state index is 13.0. The van der Waals surface area contributed by atoms with Gasteiger partial charge in [0.15, 0.2) is 0 Å². The third kappa shape index (κ3) is 5.11. The summed E-state index contributed by atoms with van der Waals surface area (Å²) in [5.41, 5.74) is 0. The first-order valence-corrected chi connectivity index (χ1v) is 11.8. The van der Waals surface area contributed by atoms with Gasteiger partial charge in [-0.1, -0.05) is 6.07 Å². The lowest BCUT2D eigenvalue weighted by atomic mass is 10.3. The highest BCUT2D eigenvalue weighted by Gasteiger charge is 2.33. The SMILES string of the molecule is O=C1CN(CCCOC2CCN(S(=O)(=O)c3cccc(OCC4CC4)c3)C2)C(=O)N1. The first-order valence-electron chi connectivity index (χ1n) is 10.4. The van der Waals surface area contributed by atoms with Crippen molar-refractivity contribution in [1.29, 1.82) is 0 Å². The van der Waals surface area contributed by atoms with Gasteiger partial charge in [0.2, 0.25) is 15.9 Å². The molecule has 1 aliphatic carbocycles. The summed E-state index contributed by atoms with van der Waals surface area (Å²) in [5, 5.41) is 2.23. The lowest BCUT2D eigenvalue weighted by molar-refractivity contribution is -0.118. The van der Waals surface area contributed by atoms with Crippen LogP contribution in [0.3, 0.4) is 0 Å². The van der Waals surface area contributed by atoms with Crippen molar-refractivity contribution in [3.63, 3.8) is 0 Å². The molecule has 2 saturated heterocycles. The number of urea groups is 1. The van der Waals surface area contributed by atoms with E-state index < -0.39 is 10.0 Å². The van der Waals surface area contributed by atoms with Crippen LogP contribution in [0, 0.1) is 5.92 Å². The molecule has 0 aromatic heterocycles. The van der Waals surface area contributed by atoms with Crippen molar-refractivity contribution in [2.45, 2.75) is 36.7 Å². The zero-order chi connectivity index (χ0) is 21.1. The number of nitrogens with one attached hydrogen (secondary N) is 1. The standard InChI is InChI=1S/C20H27N3O6S/c24-19-13-22(20(25)21-19)8-2-10-28-17-7-9-23(12-17)30(26,27)18-4-1-3-16(11-18)29-14-15-5-6-15/h1,3-4,11,15,17H,2,5-10,12-14H2,(H,21,24,25). The maximum Gasteiger partial charge on any atom is 0.324 e. The van der Waals surface area contributed by atoms with Gasteiger partial charge in [0.25, 0.3) is 0 Å². The van der Waals surface area contributed by atoms with E-state index in [9.17, 15) is 18.0 Å². The topological polar surface area (TPSA) is 105 Å². The van der Waals surface area contributed by atoms with Gasteiger partial charge in [0.05, 0.1) is 17.6 Å². The third-order valence-electron chi connectivity index (χ3n) is 5.53. The van der Waals surface area contributed by atoms with Crippen molar-refractivity contribution in [2.24, 2.45) is 5.92 Å². The summed E-state index contributed by atoms with van der Waals surface area (Å²) in [6, 6.07) is 6.30. The van der Waals surface area contributed by atoms with Crippen LogP contribution in [-0.4, -0.2) is 75.1 Å². The average molecular weight is 438 g/mol. The number of hydrogen-bond acceptors (Lipinski definition) is 6. The van der Waals surface area contributed by atoms with Gasteiger partial charge >= 0.3 is 6.03 Å². The van der Waals surface area contributed by atoms with Gasteiger partial charge in [0, 0.05) is 32.3 Å². The van der Waals surface area contributed by atoms with Gasteiger partial charge in [0.1, 0.15) is 12.3 Å². The molecule has 1 aromatic rings. The summed E-state index contributed by atoms with van der Waals surface area (Å²) in [4.78, 5) is 24.3. The van der Waals surface area contributed by atoms with Crippen molar-refractivity contribution >= 4 is 22.0 Å².